The van der Waals surface area contributed by atoms with E-state index < -0.39 is 28.5 Å². The smallest absolute Gasteiger partial charge is 0.264 e. The standard InChI is InChI=1S/C28H31Cl2N3O4S/c1-3-25(28(35)31-4-2)32(18-17-21-11-7-5-8-12-21)27(34)20-33(26-19-22(29)15-16-24(26)30)38(36,37)23-13-9-6-10-14-23/h5-16,19,25H,3-4,17-18,20H2,1-2H3,(H,31,35). The monoisotopic (exact) mass is 575 g/mol. The van der Waals surface area contributed by atoms with Gasteiger partial charge in [-0.15, -0.1) is 0 Å². The molecule has 3 aromatic rings. The Hall–Kier alpha value is -3.07. The van der Waals surface area contributed by atoms with Crippen LogP contribution in [0.1, 0.15) is 25.8 Å². The van der Waals surface area contributed by atoms with Crippen molar-refractivity contribution in [1.29, 1.82) is 0 Å². The van der Waals surface area contributed by atoms with E-state index in [0.717, 1.165) is 9.87 Å². The molecule has 0 spiro atoms. The number of nitrogens with one attached hydrogen (secondary N) is 1. The highest BCUT2D eigenvalue weighted by Crippen LogP contribution is 2.33. The summed E-state index contributed by atoms with van der Waals surface area (Å²) in [7, 11) is -4.21. The molecule has 0 aliphatic carbocycles. The molecule has 0 saturated heterocycles. The van der Waals surface area contributed by atoms with E-state index in [4.69, 9.17) is 23.2 Å². The summed E-state index contributed by atoms with van der Waals surface area (Å²) >= 11 is 12.6. The molecule has 7 nitrogen and oxygen atoms in total. The first kappa shape index (κ1) is 29.5. The first-order chi connectivity index (χ1) is 18.2. The topological polar surface area (TPSA) is 86.8 Å². The number of amides is 2. The first-order valence-electron chi connectivity index (χ1n) is 12.3. The van der Waals surface area contributed by atoms with Crippen molar-refractivity contribution in [2.75, 3.05) is 23.9 Å². The number of carbonyl (C=O) groups is 2. The molecule has 1 atom stereocenters. The molecule has 38 heavy (non-hydrogen) atoms. The highest BCUT2D eigenvalue weighted by Gasteiger charge is 2.34. The fraction of sp³-hybridized carbons (Fsp3) is 0.286. The summed E-state index contributed by atoms with van der Waals surface area (Å²) in [5, 5.41) is 3.17. The molecule has 2 amide bonds. The number of hydrogen-bond donors (Lipinski definition) is 1. The molecular weight excluding hydrogens is 545 g/mol. The van der Waals surface area contributed by atoms with Gasteiger partial charge >= 0.3 is 0 Å². The van der Waals surface area contributed by atoms with E-state index in [0.29, 0.717) is 19.4 Å². The average molecular weight is 577 g/mol. The van der Waals surface area contributed by atoms with Gasteiger partial charge in [-0.1, -0.05) is 78.7 Å². The molecule has 1 unspecified atom stereocenters. The van der Waals surface area contributed by atoms with E-state index in [1.807, 2.05) is 37.3 Å². The molecule has 10 heteroatoms. The minimum Gasteiger partial charge on any atom is -0.355 e. The summed E-state index contributed by atoms with van der Waals surface area (Å²) in [6, 6.07) is 21.0. The van der Waals surface area contributed by atoms with Crippen LogP contribution in [-0.2, 0) is 26.0 Å². The summed E-state index contributed by atoms with van der Waals surface area (Å²) in [5.41, 5.74) is 1.06. The van der Waals surface area contributed by atoms with Crippen molar-refractivity contribution in [3.63, 3.8) is 0 Å². The van der Waals surface area contributed by atoms with Gasteiger partial charge in [0.2, 0.25) is 11.8 Å². The van der Waals surface area contributed by atoms with Gasteiger partial charge in [0.25, 0.3) is 10.0 Å². The van der Waals surface area contributed by atoms with Crippen LogP contribution in [-0.4, -0.2) is 50.8 Å². The molecule has 3 rings (SSSR count). The third-order valence-electron chi connectivity index (χ3n) is 6.01. The molecule has 0 fully saturated rings. The fourth-order valence-electron chi connectivity index (χ4n) is 4.10. The van der Waals surface area contributed by atoms with Crippen molar-refractivity contribution in [1.82, 2.24) is 10.2 Å². The molecule has 0 bridgehead atoms. The van der Waals surface area contributed by atoms with Crippen molar-refractivity contribution >= 4 is 50.7 Å². The SMILES string of the molecule is CCNC(=O)C(CC)N(CCc1ccccc1)C(=O)CN(c1cc(Cl)ccc1Cl)S(=O)(=O)c1ccccc1. The van der Waals surface area contributed by atoms with E-state index in [2.05, 4.69) is 5.32 Å². The van der Waals surface area contributed by atoms with Crippen LogP contribution >= 0.6 is 23.2 Å². The average Bonchev–Trinajstić information content (AvgIpc) is 2.92. The van der Waals surface area contributed by atoms with Gasteiger partial charge in [0.15, 0.2) is 0 Å². The number of nitrogens with zero attached hydrogens (tertiary/aromatic N) is 2. The maximum absolute atomic E-state index is 13.9. The molecule has 0 heterocycles. The number of sulfonamides is 1. The van der Waals surface area contributed by atoms with E-state index >= 15 is 0 Å². The van der Waals surface area contributed by atoms with E-state index in [1.165, 1.54) is 35.2 Å². The van der Waals surface area contributed by atoms with Crippen molar-refractivity contribution in [2.45, 2.75) is 37.6 Å². The molecule has 0 aromatic heterocycles. The predicted molar refractivity (Wildman–Crippen MR) is 152 cm³/mol. The Morgan fingerprint density at radius 1 is 0.921 bits per heavy atom. The number of carbonyl (C=O) groups excluding carboxylic acids is 2. The lowest BCUT2D eigenvalue weighted by molar-refractivity contribution is -0.139. The lowest BCUT2D eigenvalue weighted by Gasteiger charge is -2.33. The fourth-order valence-corrected chi connectivity index (χ4v) is 5.98. The molecule has 202 valence electrons. The van der Waals surface area contributed by atoms with Gasteiger partial charge in [0.1, 0.15) is 12.6 Å². The highest BCUT2D eigenvalue weighted by molar-refractivity contribution is 7.92. The van der Waals surface area contributed by atoms with Crippen LogP contribution in [0.15, 0.2) is 83.8 Å². The quantitative estimate of drug-likeness (QED) is 0.322. The van der Waals surface area contributed by atoms with Gasteiger partial charge in [0.05, 0.1) is 15.6 Å². The number of halogens is 2. The van der Waals surface area contributed by atoms with Crippen LogP contribution in [0, 0.1) is 0 Å². The van der Waals surface area contributed by atoms with Crippen molar-refractivity contribution in [2.24, 2.45) is 0 Å². The lowest BCUT2D eigenvalue weighted by atomic mass is 10.1. The Bertz CT molecular complexity index is 1340. The van der Waals surface area contributed by atoms with Gasteiger partial charge in [-0.05, 0) is 55.7 Å². The second-order valence-corrected chi connectivity index (χ2v) is 11.3. The maximum Gasteiger partial charge on any atom is 0.264 e. The van der Waals surface area contributed by atoms with E-state index in [1.54, 1.807) is 25.1 Å². The van der Waals surface area contributed by atoms with Crippen LogP contribution in [0.3, 0.4) is 0 Å². The van der Waals surface area contributed by atoms with Crippen molar-refractivity contribution < 1.29 is 18.0 Å². The Morgan fingerprint density at radius 2 is 1.55 bits per heavy atom. The van der Waals surface area contributed by atoms with Crippen molar-refractivity contribution in [3.05, 3.63) is 94.5 Å². The Labute approximate surface area is 234 Å². The van der Waals surface area contributed by atoms with Gasteiger partial charge in [-0.2, -0.15) is 0 Å². The van der Waals surface area contributed by atoms with Gasteiger partial charge in [-0.3, -0.25) is 13.9 Å². The minimum absolute atomic E-state index is 0.00422. The van der Waals surface area contributed by atoms with Crippen LogP contribution in [0.5, 0.6) is 0 Å². The number of likely N-dealkylation sites (N-methyl/N-ethyl adjacent to an activating group) is 1. The minimum atomic E-state index is -4.21. The van der Waals surface area contributed by atoms with E-state index in [9.17, 15) is 18.0 Å². The lowest BCUT2D eigenvalue weighted by Crippen LogP contribution is -2.53. The molecule has 0 aliphatic rings. The Kier molecular flexibility index (Phi) is 10.6. The summed E-state index contributed by atoms with van der Waals surface area (Å²) in [4.78, 5) is 28.3. The van der Waals surface area contributed by atoms with Crippen LogP contribution in [0.25, 0.3) is 0 Å². The molecule has 0 saturated carbocycles. The number of rotatable bonds is 12. The second-order valence-electron chi connectivity index (χ2n) is 8.56. The van der Waals surface area contributed by atoms with E-state index in [-0.39, 0.29) is 33.1 Å². The Morgan fingerprint density at radius 3 is 2.16 bits per heavy atom. The zero-order valence-corrected chi connectivity index (χ0v) is 23.6. The summed E-state index contributed by atoms with van der Waals surface area (Å²) in [6.07, 6.45) is 0.849. The summed E-state index contributed by atoms with van der Waals surface area (Å²) < 4.78 is 28.5. The van der Waals surface area contributed by atoms with Crippen molar-refractivity contribution in [3.8, 4) is 0 Å². The van der Waals surface area contributed by atoms with Crippen LogP contribution in [0.4, 0.5) is 5.69 Å². The zero-order chi connectivity index (χ0) is 27.7. The Balaban J connectivity index is 2.03. The zero-order valence-electron chi connectivity index (χ0n) is 21.3. The number of anilines is 1. The molecule has 0 radical (unpaired) electrons. The van der Waals surface area contributed by atoms with Gasteiger partial charge in [0, 0.05) is 18.1 Å². The highest BCUT2D eigenvalue weighted by atomic mass is 35.5. The van der Waals surface area contributed by atoms with Crippen LogP contribution < -0.4 is 9.62 Å². The molecule has 3 aromatic carbocycles. The second kappa shape index (κ2) is 13.6. The third-order valence-corrected chi connectivity index (χ3v) is 8.34. The third kappa shape index (κ3) is 7.28. The normalized spacial score (nSPS) is 12.0. The number of benzene rings is 3. The summed E-state index contributed by atoms with van der Waals surface area (Å²) in [5.74, 6) is -0.829. The first-order valence-corrected chi connectivity index (χ1v) is 14.5. The molecule has 1 N–H and O–H groups in total. The molecule has 0 aliphatic heterocycles. The maximum atomic E-state index is 13.9. The number of hydrogen-bond acceptors (Lipinski definition) is 4. The van der Waals surface area contributed by atoms with Gasteiger partial charge in [-0.25, -0.2) is 8.42 Å². The predicted octanol–water partition coefficient (Wildman–Crippen LogP) is 5.17. The van der Waals surface area contributed by atoms with Gasteiger partial charge < -0.3 is 10.2 Å². The largest absolute Gasteiger partial charge is 0.355 e. The molecular formula is C28H31Cl2N3O4S. The van der Waals surface area contributed by atoms with Crippen LogP contribution in [0.2, 0.25) is 10.0 Å². The summed E-state index contributed by atoms with van der Waals surface area (Å²) in [6.45, 7) is 3.68.